The highest BCUT2D eigenvalue weighted by Gasteiger charge is 2.09. The van der Waals surface area contributed by atoms with E-state index in [1.807, 2.05) is 0 Å². The summed E-state index contributed by atoms with van der Waals surface area (Å²) < 4.78 is 6.65. The van der Waals surface area contributed by atoms with Crippen LogP contribution >= 0.6 is 67.3 Å². The molecule has 1 heterocycles. The zero-order valence-corrected chi connectivity index (χ0v) is 20.4. The minimum Gasteiger partial charge on any atom is -0.506 e. The van der Waals surface area contributed by atoms with Gasteiger partial charge in [0.05, 0.1) is 8.95 Å². The van der Waals surface area contributed by atoms with Gasteiger partial charge in [0.15, 0.2) is 5.11 Å². The lowest BCUT2D eigenvalue weighted by Gasteiger charge is -2.10. The first kappa shape index (κ1) is 22.8. The Balaban J connectivity index is 1.61. The molecule has 5 nitrogen and oxygen atoms in total. The lowest BCUT2D eigenvalue weighted by atomic mass is 10.2. The van der Waals surface area contributed by atoms with Gasteiger partial charge in [0.2, 0.25) is 5.91 Å². The van der Waals surface area contributed by atoms with Crippen LogP contribution in [0.15, 0.2) is 61.9 Å². The molecule has 3 rings (SSSR count). The minimum atomic E-state index is -0.437. The highest BCUT2D eigenvalue weighted by molar-refractivity contribution is 9.11. The van der Waals surface area contributed by atoms with E-state index in [2.05, 4.69) is 42.5 Å². The number of thiocarbonyl (C=S) groups is 1. The number of phenolic OH excluding ortho intramolecular Hbond substituents is 1. The maximum Gasteiger partial charge on any atom is 0.250 e. The Hall–Kier alpha value is -1.84. The molecule has 3 aromatic rings. The topological polar surface area (TPSA) is 74.5 Å². The van der Waals surface area contributed by atoms with Crippen molar-refractivity contribution < 1.29 is 14.3 Å². The molecule has 0 unspecified atom stereocenters. The zero-order chi connectivity index (χ0) is 21.8. The summed E-state index contributed by atoms with van der Waals surface area (Å²) in [6.07, 6.45) is 2.81. The van der Waals surface area contributed by atoms with Gasteiger partial charge < -0.3 is 14.8 Å². The van der Waals surface area contributed by atoms with Gasteiger partial charge in [0.1, 0.15) is 17.3 Å². The first-order valence-corrected chi connectivity index (χ1v) is 11.0. The van der Waals surface area contributed by atoms with Crippen molar-refractivity contribution in [2.45, 2.75) is 0 Å². The predicted octanol–water partition coefficient (Wildman–Crippen LogP) is 7.01. The zero-order valence-electron chi connectivity index (χ0n) is 14.9. The molecule has 0 aliphatic carbocycles. The van der Waals surface area contributed by atoms with E-state index in [0.29, 0.717) is 36.2 Å². The molecule has 0 radical (unpaired) electrons. The number of rotatable bonds is 4. The summed E-state index contributed by atoms with van der Waals surface area (Å²) in [4.78, 5) is 12.1. The molecule has 30 heavy (non-hydrogen) atoms. The number of nitrogens with one attached hydrogen (secondary N) is 2. The number of hydrogen-bond donors (Lipinski definition) is 3. The standard InChI is InChI=1S/C20H12Br2Cl2N2O3S/c21-15-8-13(9-16(22)19(15)28)25-20(30)26-18(27)4-2-14-1-3-17(29-14)10-5-11(23)7-12(24)6-10/h1-9,28H,(H2,25,26,27,30)/b4-2+. The normalized spacial score (nSPS) is 10.9. The van der Waals surface area contributed by atoms with E-state index in [4.69, 9.17) is 39.8 Å². The molecule has 3 N–H and O–H groups in total. The summed E-state index contributed by atoms with van der Waals surface area (Å²) >= 11 is 23.6. The minimum absolute atomic E-state index is 0.0660. The van der Waals surface area contributed by atoms with E-state index in [0.717, 1.165) is 5.56 Å². The van der Waals surface area contributed by atoms with Crippen LogP contribution in [0, 0.1) is 0 Å². The largest absolute Gasteiger partial charge is 0.506 e. The Morgan fingerprint density at radius 2 is 1.70 bits per heavy atom. The van der Waals surface area contributed by atoms with Crippen molar-refractivity contribution in [2.75, 3.05) is 5.32 Å². The first-order chi connectivity index (χ1) is 14.2. The number of hydrogen-bond acceptors (Lipinski definition) is 4. The summed E-state index contributed by atoms with van der Waals surface area (Å²) in [5, 5.41) is 16.2. The van der Waals surface area contributed by atoms with Crippen LogP contribution in [0.3, 0.4) is 0 Å². The second-order valence-electron chi connectivity index (χ2n) is 5.93. The Morgan fingerprint density at radius 1 is 1.07 bits per heavy atom. The van der Waals surface area contributed by atoms with E-state index in [-0.39, 0.29) is 10.9 Å². The highest BCUT2D eigenvalue weighted by atomic mass is 79.9. The van der Waals surface area contributed by atoms with Gasteiger partial charge in [-0.3, -0.25) is 10.1 Å². The number of carbonyl (C=O) groups excluding carboxylic acids is 1. The Morgan fingerprint density at radius 3 is 2.33 bits per heavy atom. The van der Waals surface area contributed by atoms with Crippen LogP contribution in [0.2, 0.25) is 10.0 Å². The smallest absolute Gasteiger partial charge is 0.250 e. The molecule has 2 aromatic carbocycles. The Kier molecular flexibility index (Phi) is 7.60. The number of carbonyl (C=O) groups is 1. The molecule has 10 heteroatoms. The Bertz CT molecular complexity index is 1120. The van der Waals surface area contributed by atoms with Gasteiger partial charge in [-0.2, -0.15) is 0 Å². The van der Waals surface area contributed by atoms with E-state index in [1.54, 1.807) is 42.5 Å². The lowest BCUT2D eigenvalue weighted by Crippen LogP contribution is -2.32. The van der Waals surface area contributed by atoms with Crippen LogP contribution in [0.1, 0.15) is 5.76 Å². The summed E-state index contributed by atoms with van der Waals surface area (Å²) in [5.41, 5.74) is 1.31. The highest BCUT2D eigenvalue weighted by Crippen LogP contribution is 2.35. The number of halogens is 4. The van der Waals surface area contributed by atoms with E-state index < -0.39 is 5.91 Å². The van der Waals surface area contributed by atoms with Crippen molar-refractivity contribution in [3.05, 3.63) is 73.3 Å². The van der Waals surface area contributed by atoms with Crippen LogP contribution in [-0.4, -0.2) is 16.1 Å². The fourth-order valence-corrected chi connectivity index (χ4v) is 4.34. The van der Waals surface area contributed by atoms with Crippen LogP contribution in [0.5, 0.6) is 5.75 Å². The van der Waals surface area contributed by atoms with Crippen LogP contribution in [0.4, 0.5) is 5.69 Å². The van der Waals surface area contributed by atoms with Gasteiger partial charge in [-0.25, -0.2) is 0 Å². The quantitative estimate of drug-likeness (QED) is 0.173. The van der Waals surface area contributed by atoms with Crippen molar-refractivity contribution in [3.8, 4) is 17.1 Å². The van der Waals surface area contributed by atoms with Gasteiger partial charge in [0.25, 0.3) is 0 Å². The fraction of sp³-hybridized carbons (Fsp3) is 0. The van der Waals surface area contributed by atoms with Gasteiger partial charge in [-0.15, -0.1) is 0 Å². The molecule has 0 atom stereocenters. The van der Waals surface area contributed by atoms with E-state index in [1.165, 1.54) is 12.2 Å². The monoisotopic (exact) mass is 588 g/mol. The molecule has 0 saturated carbocycles. The van der Waals surface area contributed by atoms with E-state index in [9.17, 15) is 9.90 Å². The summed E-state index contributed by atoms with van der Waals surface area (Å²) in [5.74, 6) is 0.672. The van der Waals surface area contributed by atoms with Gasteiger partial charge in [-0.05, 0) is 92.6 Å². The van der Waals surface area contributed by atoms with Gasteiger partial charge in [0, 0.05) is 27.4 Å². The van der Waals surface area contributed by atoms with E-state index >= 15 is 0 Å². The molecule has 0 fully saturated rings. The molecule has 1 amide bonds. The third-order valence-electron chi connectivity index (χ3n) is 3.68. The SMILES string of the molecule is O=C(/C=C/c1ccc(-c2cc(Cl)cc(Cl)c2)o1)NC(=S)Nc1cc(Br)c(O)c(Br)c1. The van der Waals surface area contributed by atoms with Crippen LogP contribution in [-0.2, 0) is 4.79 Å². The maximum atomic E-state index is 12.1. The molecule has 0 bridgehead atoms. The fourth-order valence-electron chi connectivity index (χ4n) is 2.41. The van der Waals surface area contributed by atoms with Crippen molar-refractivity contribution in [2.24, 2.45) is 0 Å². The molecular formula is C20H12Br2Cl2N2O3S. The number of furan rings is 1. The molecule has 1 aromatic heterocycles. The van der Waals surface area contributed by atoms with Crippen molar-refractivity contribution >= 4 is 90.1 Å². The summed E-state index contributed by atoms with van der Waals surface area (Å²) in [7, 11) is 0. The Labute approximate surface area is 204 Å². The van der Waals surface area contributed by atoms with Crippen molar-refractivity contribution in [1.82, 2.24) is 5.32 Å². The maximum absolute atomic E-state index is 12.1. The second kappa shape index (κ2) is 9.98. The summed E-state index contributed by atoms with van der Waals surface area (Å²) in [6.45, 7) is 0. The number of phenols is 1. The van der Waals surface area contributed by atoms with Crippen LogP contribution < -0.4 is 10.6 Å². The number of anilines is 1. The lowest BCUT2D eigenvalue weighted by molar-refractivity contribution is -0.115. The molecular weight excluding hydrogens is 579 g/mol. The number of aromatic hydroxyl groups is 1. The van der Waals surface area contributed by atoms with Gasteiger partial charge >= 0.3 is 0 Å². The van der Waals surface area contributed by atoms with Gasteiger partial charge in [-0.1, -0.05) is 23.2 Å². The van der Waals surface area contributed by atoms with Crippen molar-refractivity contribution in [3.63, 3.8) is 0 Å². The van der Waals surface area contributed by atoms with Crippen LogP contribution in [0.25, 0.3) is 17.4 Å². The average molecular weight is 591 g/mol. The third-order valence-corrected chi connectivity index (χ3v) is 5.53. The van der Waals surface area contributed by atoms with Crippen molar-refractivity contribution in [1.29, 1.82) is 0 Å². The molecule has 0 saturated heterocycles. The molecule has 0 aliphatic rings. The predicted molar refractivity (Wildman–Crippen MR) is 131 cm³/mol. The molecule has 154 valence electrons. The molecule has 0 aliphatic heterocycles. The average Bonchev–Trinajstić information content (AvgIpc) is 3.12. The first-order valence-electron chi connectivity index (χ1n) is 8.25. The number of benzene rings is 2. The third kappa shape index (κ3) is 6.09. The second-order valence-corrected chi connectivity index (χ2v) is 8.92. The number of amides is 1. The molecule has 0 spiro atoms. The summed E-state index contributed by atoms with van der Waals surface area (Å²) in [6, 6.07) is 11.8.